The first-order valence-corrected chi connectivity index (χ1v) is 9.23. The molecule has 0 bridgehead atoms. The van der Waals surface area contributed by atoms with Crippen LogP contribution in [-0.4, -0.2) is 22.4 Å². The van der Waals surface area contributed by atoms with Gasteiger partial charge in [0.15, 0.2) is 16.3 Å². The fourth-order valence-electron chi connectivity index (χ4n) is 3.12. The van der Waals surface area contributed by atoms with Crippen molar-refractivity contribution in [2.24, 2.45) is 4.99 Å². The highest BCUT2D eigenvalue weighted by atomic mass is 32.1. The van der Waals surface area contributed by atoms with Crippen molar-refractivity contribution in [2.45, 2.75) is 0 Å². The third kappa shape index (κ3) is 2.62. The number of carbonyl (C=O) groups excluding carboxylic acids is 1. The molecule has 0 fully saturated rings. The van der Waals surface area contributed by atoms with Gasteiger partial charge in [-0.25, -0.2) is 4.99 Å². The molecule has 2 N–H and O–H groups in total. The van der Waals surface area contributed by atoms with Gasteiger partial charge >= 0.3 is 0 Å². The first kappa shape index (κ1) is 16.5. The molecule has 1 amide bonds. The van der Waals surface area contributed by atoms with Crippen molar-refractivity contribution in [3.8, 4) is 23.1 Å². The summed E-state index contributed by atoms with van der Waals surface area (Å²) in [5.41, 5.74) is 0.926. The minimum absolute atomic E-state index is 0.115. The molecule has 2 aromatic carbocycles. The second kappa shape index (κ2) is 6.21. The first-order valence-electron chi connectivity index (χ1n) is 8.41. The zero-order chi connectivity index (χ0) is 19.3. The second-order valence-corrected chi connectivity index (χ2v) is 7.22. The predicted molar refractivity (Wildman–Crippen MR) is 102 cm³/mol. The van der Waals surface area contributed by atoms with Crippen molar-refractivity contribution in [1.82, 2.24) is 4.57 Å². The summed E-state index contributed by atoms with van der Waals surface area (Å²) in [6, 6.07) is 12.5. The summed E-state index contributed by atoms with van der Waals surface area (Å²) in [5.74, 6) is 0.672. The number of para-hydroxylation sites is 1. The predicted octanol–water partition coefficient (Wildman–Crippen LogP) is 1.48. The average molecular weight is 391 g/mol. The number of aromatic nitrogens is 1. The number of rotatable bonds is 2. The maximum atomic E-state index is 12.3. The van der Waals surface area contributed by atoms with Crippen LogP contribution in [0.15, 0.2) is 53.0 Å². The van der Waals surface area contributed by atoms with E-state index in [0.29, 0.717) is 33.0 Å². The van der Waals surface area contributed by atoms with E-state index in [1.807, 2.05) is 18.2 Å². The van der Waals surface area contributed by atoms with Crippen molar-refractivity contribution in [3.05, 3.63) is 68.3 Å². The number of hydrogen-bond acceptors (Lipinski definition) is 6. The molecule has 0 spiro atoms. The Labute approximate surface area is 162 Å². The number of carbonyl (C=O) groups is 1. The molecule has 2 aliphatic heterocycles. The molecule has 3 aromatic rings. The maximum Gasteiger partial charge on any atom is 0.277 e. The van der Waals surface area contributed by atoms with E-state index in [9.17, 15) is 9.90 Å². The summed E-state index contributed by atoms with van der Waals surface area (Å²) >= 11 is 1.06. The van der Waals surface area contributed by atoms with Gasteiger partial charge in [-0.3, -0.25) is 14.8 Å². The van der Waals surface area contributed by atoms with Crippen LogP contribution in [0.25, 0.3) is 17.8 Å². The summed E-state index contributed by atoms with van der Waals surface area (Å²) in [6.07, 6.45) is 3.29. The molecule has 0 atom stereocenters. The van der Waals surface area contributed by atoms with Crippen molar-refractivity contribution in [2.75, 3.05) is 6.79 Å². The van der Waals surface area contributed by atoms with Gasteiger partial charge in [0.05, 0.1) is 15.9 Å². The van der Waals surface area contributed by atoms with Crippen LogP contribution >= 0.6 is 11.3 Å². The van der Waals surface area contributed by atoms with Gasteiger partial charge in [0.1, 0.15) is 0 Å². The molecule has 0 unspecified atom stereocenters. The number of aromatic hydroxyl groups is 1. The lowest BCUT2D eigenvalue weighted by molar-refractivity contribution is -0.114. The van der Waals surface area contributed by atoms with Gasteiger partial charge in [-0.1, -0.05) is 29.5 Å². The van der Waals surface area contributed by atoms with E-state index in [-0.39, 0.29) is 23.4 Å². The van der Waals surface area contributed by atoms with Gasteiger partial charge in [0.2, 0.25) is 12.7 Å². The van der Waals surface area contributed by atoms with E-state index in [4.69, 9.17) is 14.9 Å². The quantitative estimate of drug-likeness (QED) is 0.647. The molecule has 138 valence electrons. The number of ether oxygens (including phenoxy) is 2. The van der Waals surface area contributed by atoms with Gasteiger partial charge in [0, 0.05) is 16.9 Å². The van der Waals surface area contributed by atoms with E-state index in [2.05, 4.69) is 4.99 Å². The molecule has 5 rings (SSSR count). The smallest absolute Gasteiger partial charge is 0.277 e. The largest absolute Gasteiger partial charge is 0.493 e. The molecule has 8 heteroatoms. The van der Waals surface area contributed by atoms with Crippen LogP contribution in [0.2, 0.25) is 0 Å². The lowest BCUT2D eigenvalue weighted by atomic mass is 10.1. The van der Waals surface area contributed by atoms with Crippen LogP contribution in [0.3, 0.4) is 0 Å². The van der Waals surface area contributed by atoms with Crippen LogP contribution in [0.5, 0.6) is 17.4 Å². The Morgan fingerprint density at radius 1 is 1.18 bits per heavy atom. The van der Waals surface area contributed by atoms with Gasteiger partial charge in [0.25, 0.3) is 5.91 Å². The number of thiazole rings is 1. The number of fused-ring (bicyclic) bond motifs is 2. The standard InChI is InChI=1S/C20H13N3O4S/c21-20-23(13-5-6-15-16(9-13)27-10-26-15)19(25)17(28-20)8-12-7-11-3-1-2-4-14(11)22-18(12)24/h1-9,21,25H,10H2/b12-8+,21-20?. The first-order chi connectivity index (χ1) is 13.6. The molecule has 7 nitrogen and oxygen atoms in total. The van der Waals surface area contributed by atoms with Gasteiger partial charge in [-0.15, -0.1) is 0 Å². The molecule has 28 heavy (non-hydrogen) atoms. The van der Waals surface area contributed by atoms with Gasteiger partial charge in [-0.05, 0) is 30.4 Å². The number of nitrogens with one attached hydrogen (secondary N) is 1. The Morgan fingerprint density at radius 2 is 2.00 bits per heavy atom. The van der Waals surface area contributed by atoms with Crippen LogP contribution in [0, 0.1) is 5.41 Å². The zero-order valence-corrected chi connectivity index (χ0v) is 15.2. The van der Waals surface area contributed by atoms with Crippen molar-refractivity contribution in [1.29, 1.82) is 5.41 Å². The lowest BCUT2D eigenvalue weighted by Crippen LogP contribution is -2.29. The fourth-order valence-corrected chi connectivity index (χ4v) is 3.98. The third-order valence-electron chi connectivity index (χ3n) is 4.46. The van der Waals surface area contributed by atoms with E-state index in [0.717, 1.165) is 16.6 Å². The Bertz CT molecular complexity index is 1350. The van der Waals surface area contributed by atoms with E-state index in [1.165, 1.54) is 4.57 Å². The van der Waals surface area contributed by atoms with Crippen LogP contribution < -0.4 is 24.9 Å². The zero-order valence-electron chi connectivity index (χ0n) is 14.4. The lowest BCUT2D eigenvalue weighted by Gasteiger charge is -2.06. The van der Waals surface area contributed by atoms with E-state index in [1.54, 1.807) is 36.4 Å². The molecule has 2 aliphatic rings. The molecule has 0 saturated heterocycles. The third-order valence-corrected chi connectivity index (χ3v) is 5.36. The van der Waals surface area contributed by atoms with Gasteiger partial charge < -0.3 is 14.6 Å². The number of amides is 1. The molecular formula is C20H13N3O4S. The Balaban J connectivity index is 1.61. The SMILES string of the molecule is N=c1sc(/C=C2\C=c3ccccc3=NC2=O)c(O)n1-c1ccc2c(c1)OCO2. The molecular weight excluding hydrogens is 378 g/mol. The van der Waals surface area contributed by atoms with Crippen LogP contribution in [-0.2, 0) is 4.79 Å². The highest BCUT2D eigenvalue weighted by Gasteiger charge is 2.19. The average Bonchev–Trinajstić information content (AvgIpc) is 3.26. The Kier molecular flexibility index (Phi) is 3.66. The van der Waals surface area contributed by atoms with Crippen molar-refractivity contribution >= 4 is 29.4 Å². The number of hydrogen-bond donors (Lipinski definition) is 2. The number of benzene rings is 2. The molecule has 1 aromatic heterocycles. The van der Waals surface area contributed by atoms with Crippen molar-refractivity contribution in [3.63, 3.8) is 0 Å². The fraction of sp³-hybridized carbons (Fsp3) is 0.0500. The topological polar surface area (TPSA) is 96.9 Å². The number of nitrogens with zero attached hydrogens (tertiary/aromatic N) is 2. The molecule has 3 heterocycles. The van der Waals surface area contributed by atoms with Gasteiger partial charge in [-0.2, -0.15) is 0 Å². The second-order valence-electron chi connectivity index (χ2n) is 6.19. The summed E-state index contributed by atoms with van der Waals surface area (Å²) < 4.78 is 12.0. The highest BCUT2D eigenvalue weighted by molar-refractivity contribution is 7.10. The summed E-state index contributed by atoms with van der Waals surface area (Å²) in [7, 11) is 0. The molecule has 0 aliphatic carbocycles. The Morgan fingerprint density at radius 3 is 2.89 bits per heavy atom. The summed E-state index contributed by atoms with van der Waals surface area (Å²) in [4.78, 5) is 16.9. The molecule has 0 radical (unpaired) electrons. The minimum atomic E-state index is -0.382. The van der Waals surface area contributed by atoms with Crippen LogP contribution in [0.4, 0.5) is 0 Å². The normalized spacial score (nSPS) is 15.9. The summed E-state index contributed by atoms with van der Waals surface area (Å²) in [6.45, 7) is 0.146. The minimum Gasteiger partial charge on any atom is -0.493 e. The van der Waals surface area contributed by atoms with E-state index < -0.39 is 0 Å². The molecule has 0 saturated carbocycles. The van der Waals surface area contributed by atoms with Crippen LogP contribution in [0.1, 0.15) is 4.88 Å². The monoisotopic (exact) mass is 391 g/mol. The Hall–Kier alpha value is -3.65. The van der Waals surface area contributed by atoms with Crippen molar-refractivity contribution < 1.29 is 19.4 Å². The van der Waals surface area contributed by atoms with E-state index >= 15 is 0 Å². The summed E-state index contributed by atoms with van der Waals surface area (Å²) in [5, 5.41) is 20.4. The highest BCUT2D eigenvalue weighted by Crippen LogP contribution is 2.35. The maximum absolute atomic E-state index is 12.3.